The van der Waals surface area contributed by atoms with Gasteiger partial charge in [-0.2, -0.15) is 0 Å². The molecule has 1 heterocycles. The Kier molecular flexibility index (Phi) is 5.69. The Morgan fingerprint density at radius 3 is 2.34 bits per heavy atom. The van der Waals surface area contributed by atoms with Crippen molar-refractivity contribution in [3.63, 3.8) is 0 Å². The van der Waals surface area contributed by atoms with Gasteiger partial charge in [-0.15, -0.1) is 0 Å². The van der Waals surface area contributed by atoms with Crippen LogP contribution in [-0.4, -0.2) is 22.7 Å². The third-order valence-electron chi connectivity index (χ3n) is 7.16. The molecule has 4 nitrogen and oxygen atoms in total. The van der Waals surface area contributed by atoms with Gasteiger partial charge in [0.05, 0.1) is 17.7 Å². The monoisotopic (exact) mass is 427 g/mol. The number of carboxylic acids is 1. The van der Waals surface area contributed by atoms with Crippen LogP contribution in [-0.2, 0) is 10.2 Å². The molecule has 4 heteroatoms. The molecule has 0 saturated heterocycles. The van der Waals surface area contributed by atoms with Gasteiger partial charge in [-0.1, -0.05) is 42.5 Å². The van der Waals surface area contributed by atoms with Crippen molar-refractivity contribution in [2.24, 2.45) is 5.92 Å². The van der Waals surface area contributed by atoms with Crippen molar-refractivity contribution in [3.8, 4) is 17.0 Å². The average Bonchev–Trinajstić information content (AvgIpc) is 3.68. The van der Waals surface area contributed by atoms with E-state index in [1.165, 1.54) is 18.4 Å². The molecule has 0 spiro atoms. The fourth-order valence-corrected chi connectivity index (χ4v) is 4.91. The summed E-state index contributed by atoms with van der Waals surface area (Å²) in [6.45, 7) is 0.766. The molecule has 5 rings (SSSR count). The number of ether oxygens (including phenoxy) is 1. The minimum absolute atomic E-state index is 0.356. The normalized spacial score (nSPS) is 22.9. The molecule has 32 heavy (non-hydrogen) atoms. The number of nitrogens with zero attached hydrogens (tertiary/aromatic N) is 1. The Labute approximate surface area is 189 Å². The average molecular weight is 428 g/mol. The lowest BCUT2D eigenvalue weighted by molar-refractivity contribution is -0.145. The molecule has 3 aromatic rings. The van der Waals surface area contributed by atoms with E-state index in [0.29, 0.717) is 24.7 Å². The Bertz CT molecular complexity index is 1070. The summed E-state index contributed by atoms with van der Waals surface area (Å²) in [5, 5.41) is 10.2. The fourth-order valence-electron chi connectivity index (χ4n) is 4.91. The number of pyridine rings is 1. The molecule has 0 unspecified atom stereocenters. The molecule has 0 bridgehead atoms. The minimum Gasteiger partial charge on any atom is -0.493 e. The Hall–Kier alpha value is -3.14. The fraction of sp³-hybridized carbons (Fsp3) is 0.357. The van der Waals surface area contributed by atoms with Crippen LogP contribution in [0.1, 0.15) is 55.6 Å². The second-order valence-corrected chi connectivity index (χ2v) is 9.28. The van der Waals surface area contributed by atoms with E-state index in [9.17, 15) is 9.90 Å². The number of benzene rings is 2. The summed E-state index contributed by atoms with van der Waals surface area (Å²) < 4.78 is 5.83. The van der Waals surface area contributed by atoms with Gasteiger partial charge in [-0.05, 0) is 85.8 Å². The number of aromatic nitrogens is 1. The second-order valence-electron chi connectivity index (χ2n) is 9.28. The van der Waals surface area contributed by atoms with Gasteiger partial charge in [0.1, 0.15) is 5.75 Å². The zero-order valence-electron chi connectivity index (χ0n) is 18.2. The summed E-state index contributed by atoms with van der Waals surface area (Å²) in [5.41, 5.74) is 3.40. The molecule has 2 aliphatic carbocycles. The van der Waals surface area contributed by atoms with E-state index in [1.807, 2.05) is 48.7 Å². The van der Waals surface area contributed by atoms with Gasteiger partial charge in [0.15, 0.2) is 0 Å². The van der Waals surface area contributed by atoms with E-state index in [0.717, 1.165) is 42.0 Å². The zero-order chi connectivity index (χ0) is 22.0. The van der Waals surface area contributed by atoms with Gasteiger partial charge in [0.25, 0.3) is 0 Å². The highest BCUT2D eigenvalue weighted by molar-refractivity contribution is 5.81. The molecule has 2 aliphatic rings. The van der Waals surface area contributed by atoms with Crippen molar-refractivity contribution in [2.45, 2.75) is 49.9 Å². The first kappa shape index (κ1) is 20.7. The summed E-state index contributed by atoms with van der Waals surface area (Å²) in [6, 6.07) is 22.2. The summed E-state index contributed by atoms with van der Waals surface area (Å²) >= 11 is 0. The molecular weight excluding hydrogens is 398 g/mol. The highest BCUT2D eigenvalue weighted by Crippen LogP contribution is 2.46. The van der Waals surface area contributed by atoms with Crippen LogP contribution < -0.4 is 4.74 Å². The maximum absolute atomic E-state index is 12.4. The lowest BCUT2D eigenvalue weighted by Gasteiger charge is -2.37. The zero-order valence-corrected chi connectivity index (χ0v) is 18.2. The van der Waals surface area contributed by atoms with Gasteiger partial charge in [0, 0.05) is 11.8 Å². The maximum Gasteiger partial charge on any atom is 0.314 e. The summed E-state index contributed by atoms with van der Waals surface area (Å²) in [7, 11) is 0. The van der Waals surface area contributed by atoms with Crippen LogP contribution in [0.25, 0.3) is 11.3 Å². The molecule has 1 aromatic heterocycles. The minimum atomic E-state index is -0.819. The number of aliphatic carboxylic acids is 1. The Morgan fingerprint density at radius 1 is 0.969 bits per heavy atom. The highest BCUT2D eigenvalue weighted by Gasteiger charge is 2.43. The first-order valence-corrected chi connectivity index (χ1v) is 11.6. The van der Waals surface area contributed by atoms with Crippen molar-refractivity contribution in [2.75, 3.05) is 6.61 Å². The first-order valence-electron chi connectivity index (χ1n) is 11.6. The van der Waals surface area contributed by atoms with Crippen molar-refractivity contribution in [1.82, 2.24) is 4.98 Å². The van der Waals surface area contributed by atoms with Crippen molar-refractivity contribution < 1.29 is 14.6 Å². The quantitative estimate of drug-likeness (QED) is 0.486. The first-order chi connectivity index (χ1) is 15.6. The molecule has 0 aliphatic heterocycles. The molecule has 0 atom stereocenters. The van der Waals surface area contributed by atoms with Crippen LogP contribution in [0, 0.1) is 5.92 Å². The molecular formula is C28H29NO3. The van der Waals surface area contributed by atoms with E-state index in [2.05, 4.69) is 29.2 Å². The van der Waals surface area contributed by atoms with E-state index in [-0.39, 0.29) is 0 Å². The van der Waals surface area contributed by atoms with Gasteiger partial charge in [-0.3, -0.25) is 9.78 Å². The number of hydrogen-bond acceptors (Lipinski definition) is 3. The molecule has 1 N–H and O–H groups in total. The predicted octanol–water partition coefficient (Wildman–Crippen LogP) is 6.22. The topological polar surface area (TPSA) is 59.4 Å². The Morgan fingerprint density at radius 2 is 1.69 bits per heavy atom. The summed E-state index contributed by atoms with van der Waals surface area (Å²) in [4.78, 5) is 17.0. The third-order valence-corrected chi connectivity index (χ3v) is 7.16. The highest BCUT2D eigenvalue weighted by atomic mass is 16.5. The second kappa shape index (κ2) is 8.78. The van der Waals surface area contributed by atoms with Crippen molar-refractivity contribution in [1.29, 1.82) is 0 Å². The molecule has 164 valence electrons. The molecule has 0 radical (unpaired) electrons. The van der Waals surface area contributed by atoms with Gasteiger partial charge >= 0.3 is 5.97 Å². The van der Waals surface area contributed by atoms with Gasteiger partial charge in [0.2, 0.25) is 0 Å². The summed E-state index contributed by atoms with van der Waals surface area (Å²) in [6.07, 6.45) is 7.36. The van der Waals surface area contributed by atoms with Crippen molar-refractivity contribution in [3.05, 3.63) is 84.1 Å². The van der Waals surface area contributed by atoms with Crippen LogP contribution in [0.5, 0.6) is 5.75 Å². The van der Waals surface area contributed by atoms with Crippen LogP contribution >= 0.6 is 0 Å². The van der Waals surface area contributed by atoms with Gasteiger partial charge in [-0.25, -0.2) is 0 Å². The SMILES string of the molecule is O=C(O)C1(c2ccc(OCC3CC3)cc2)CCC(c2ccnc(-c3ccccc3)c2)CC1. The van der Waals surface area contributed by atoms with Crippen LogP contribution in [0.3, 0.4) is 0 Å². The van der Waals surface area contributed by atoms with Crippen LogP contribution in [0.15, 0.2) is 72.9 Å². The van der Waals surface area contributed by atoms with Crippen LogP contribution in [0.2, 0.25) is 0 Å². The van der Waals surface area contributed by atoms with Crippen molar-refractivity contribution >= 4 is 5.97 Å². The van der Waals surface area contributed by atoms with Gasteiger partial charge < -0.3 is 9.84 Å². The maximum atomic E-state index is 12.4. The number of rotatable bonds is 7. The standard InChI is InChI=1S/C28H29NO3/c30-27(31)28(24-8-10-25(11-9-24)32-19-20-6-7-20)15-12-21(13-16-28)23-14-17-29-26(18-23)22-4-2-1-3-5-22/h1-5,8-11,14,17-18,20-21H,6-7,12-13,15-16,19H2,(H,30,31). The molecule has 0 amide bonds. The lowest BCUT2D eigenvalue weighted by Crippen LogP contribution is -2.39. The van der Waals surface area contributed by atoms with E-state index in [4.69, 9.17) is 4.74 Å². The van der Waals surface area contributed by atoms with Crippen LogP contribution in [0.4, 0.5) is 0 Å². The number of hydrogen-bond donors (Lipinski definition) is 1. The third kappa shape index (κ3) is 4.27. The molecule has 2 saturated carbocycles. The molecule has 2 fully saturated rings. The van der Waals surface area contributed by atoms with E-state index >= 15 is 0 Å². The van der Waals surface area contributed by atoms with E-state index < -0.39 is 11.4 Å². The number of carboxylic acid groups (broad SMARTS) is 1. The number of carbonyl (C=O) groups is 1. The smallest absolute Gasteiger partial charge is 0.314 e. The lowest BCUT2D eigenvalue weighted by atomic mass is 9.65. The summed E-state index contributed by atoms with van der Waals surface area (Å²) in [5.74, 6) is 1.17. The predicted molar refractivity (Wildman–Crippen MR) is 125 cm³/mol. The largest absolute Gasteiger partial charge is 0.493 e. The molecule has 2 aromatic carbocycles. The van der Waals surface area contributed by atoms with E-state index in [1.54, 1.807) is 0 Å². The Balaban J connectivity index is 1.30.